The molecule has 0 amide bonds. The Bertz CT molecular complexity index is 1150. The summed E-state index contributed by atoms with van der Waals surface area (Å²) in [5.74, 6) is -1.01. The minimum absolute atomic E-state index is 0.0872. The lowest BCUT2D eigenvalue weighted by atomic mass is 10.0. The highest BCUT2D eigenvalue weighted by molar-refractivity contribution is 7.47. The first-order valence-electron chi connectivity index (χ1n) is 22.8. The van der Waals surface area contributed by atoms with Crippen LogP contribution in [0, 0.1) is 0 Å². The summed E-state index contributed by atoms with van der Waals surface area (Å²) in [5.41, 5.74) is 0. The van der Waals surface area contributed by atoms with Crippen molar-refractivity contribution >= 4 is 19.8 Å². The monoisotopic (exact) mass is 839 g/mol. The molecule has 10 nitrogen and oxygen atoms in total. The maximum atomic E-state index is 12.6. The largest absolute Gasteiger partial charge is 0.472 e. The van der Waals surface area contributed by atoms with Crippen LogP contribution in [0.15, 0.2) is 60.8 Å². The Hall–Kier alpha value is -2.33. The van der Waals surface area contributed by atoms with Crippen LogP contribution >= 0.6 is 7.82 Å². The summed E-state index contributed by atoms with van der Waals surface area (Å²) in [6.45, 7) is 2.16. The quantitative estimate of drug-likeness (QED) is 0.0235. The van der Waals surface area contributed by atoms with Crippen molar-refractivity contribution in [2.75, 3.05) is 26.4 Å². The third kappa shape index (κ3) is 41.8. The van der Waals surface area contributed by atoms with E-state index in [2.05, 4.69) is 24.4 Å². The standard InChI is InChI=1S/C47H83O10P/c1-3-5-7-9-11-13-15-17-18-19-20-21-22-23-24-25-27-28-30-32-34-36-38-46(50)54-42-45(43-56-58(52,53)55-41-44(49)40-48)57-47(51)39-37-35-33-31-29-26-16-14-12-10-8-6-4-2/h6,8,10,12,14,16,26,29,31,33,44-45,48-49H,3-5,7,9,11,13,15,17-25,27-28,30,32,34-43H2,1-2H3,(H,52,53)/b8-6+,12-10+,16-14+,29-26+,33-31+/t44-,45?/m1/s1. The number of hydrogen-bond donors (Lipinski definition) is 3. The second kappa shape index (κ2) is 42.8. The fourth-order valence-corrected chi connectivity index (χ4v) is 6.87. The van der Waals surface area contributed by atoms with Gasteiger partial charge in [-0.1, -0.05) is 209 Å². The molecule has 0 aromatic heterocycles. The number of aliphatic hydroxyl groups excluding tert-OH is 2. The number of rotatable bonds is 42. The normalized spacial score (nSPS) is 14.4. The van der Waals surface area contributed by atoms with Crippen LogP contribution in [0.4, 0.5) is 0 Å². The summed E-state index contributed by atoms with van der Waals surface area (Å²) in [7, 11) is -4.64. The summed E-state index contributed by atoms with van der Waals surface area (Å²) in [6, 6.07) is 0. The van der Waals surface area contributed by atoms with Crippen molar-refractivity contribution in [3.8, 4) is 0 Å². The lowest BCUT2D eigenvalue weighted by Crippen LogP contribution is -2.29. The average Bonchev–Trinajstić information content (AvgIpc) is 3.21. The zero-order valence-corrected chi connectivity index (χ0v) is 37.4. The molecule has 0 aromatic rings. The maximum absolute atomic E-state index is 12.6. The number of carbonyl (C=O) groups is 2. The van der Waals surface area contributed by atoms with Gasteiger partial charge in [-0.25, -0.2) is 4.57 Å². The minimum atomic E-state index is -4.64. The molecule has 3 atom stereocenters. The van der Waals surface area contributed by atoms with Crippen LogP contribution in [0.2, 0.25) is 0 Å². The van der Waals surface area contributed by atoms with Gasteiger partial charge in [0.1, 0.15) is 12.7 Å². The van der Waals surface area contributed by atoms with E-state index in [1.165, 1.54) is 116 Å². The van der Waals surface area contributed by atoms with Gasteiger partial charge in [0, 0.05) is 12.8 Å². The van der Waals surface area contributed by atoms with E-state index in [1.807, 2.05) is 54.7 Å². The minimum Gasteiger partial charge on any atom is -0.462 e. The predicted molar refractivity (Wildman–Crippen MR) is 237 cm³/mol. The molecule has 3 N–H and O–H groups in total. The molecule has 0 spiro atoms. The molecule has 0 aliphatic carbocycles. The SMILES string of the molecule is CC/C=C/C=C/C=C/C=C/C=C/CCCC(=O)OC(COC(=O)CCCCCCCCCCCCCCCCCCCCCCCC)COP(=O)(O)OC[C@H](O)CO. The molecule has 0 aromatic carbocycles. The van der Waals surface area contributed by atoms with Gasteiger partial charge in [0.05, 0.1) is 19.8 Å². The topological polar surface area (TPSA) is 149 Å². The van der Waals surface area contributed by atoms with E-state index in [4.69, 9.17) is 19.1 Å². The Kier molecular flexibility index (Phi) is 41.1. The highest BCUT2D eigenvalue weighted by Gasteiger charge is 2.27. The Morgan fingerprint density at radius 3 is 1.41 bits per heavy atom. The molecule has 0 radical (unpaired) electrons. The molecule has 0 bridgehead atoms. The predicted octanol–water partition coefficient (Wildman–Crippen LogP) is 12.3. The van der Waals surface area contributed by atoms with Gasteiger partial charge in [-0.15, -0.1) is 0 Å². The third-order valence-electron chi connectivity index (χ3n) is 9.56. The Labute approximate surface area is 353 Å². The molecule has 58 heavy (non-hydrogen) atoms. The summed E-state index contributed by atoms with van der Waals surface area (Å²) >= 11 is 0. The first-order valence-corrected chi connectivity index (χ1v) is 24.3. The van der Waals surface area contributed by atoms with E-state index in [1.54, 1.807) is 0 Å². The zero-order valence-electron chi connectivity index (χ0n) is 36.5. The van der Waals surface area contributed by atoms with Crippen LogP contribution in [0.3, 0.4) is 0 Å². The summed E-state index contributed by atoms with van der Waals surface area (Å²) < 4.78 is 32.6. The van der Waals surface area contributed by atoms with Gasteiger partial charge in [-0.2, -0.15) is 0 Å². The van der Waals surface area contributed by atoms with Crippen molar-refractivity contribution in [1.29, 1.82) is 0 Å². The number of unbranched alkanes of at least 4 members (excludes halogenated alkanes) is 22. The van der Waals surface area contributed by atoms with Crippen molar-refractivity contribution in [2.45, 2.75) is 199 Å². The Morgan fingerprint density at radius 2 is 0.948 bits per heavy atom. The van der Waals surface area contributed by atoms with Gasteiger partial charge < -0.3 is 24.6 Å². The molecule has 11 heteroatoms. The Morgan fingerprint density at radius 1 is 0.534 bits per heavy atom. The van der Waals surface area contributed by atoms with Crippen LogP contribution in [0.25, 0.3) is 0 Å². The lowest BCUT2D eigenvalue weighted by Gasteiger charge is -2.20. The molecule has 0 saturated heterocycles. The van der Waals surface area contributed by atoms with Gasteiger partial charge >= 0.3 is 19.8 Å². The van der Waals surface area contributed by atoms with Crippen LogP contribution in [-0.2, 0) is 32.7 Å². The second-order valence-corrected chi connectivity index (χ2v) is 16.6. The van der Waals surface area contributed by atoms with Crippen molar-refractivity contribution in [2.24, 2.45) is 0 Å². The third-order valence-corrected chi connectivity index (χ3v) is 10.5. The highest BCUT2D eigenvalue weighted by atomic mass is 31.2. The van der Waals surface area contributed by atoms with Crippen molar-refractivity contribution in [3.05, 3.63) is 60.8 Å². The molecular formula is C47H83O10P. The number of esters is 2. The van der Waals surface area contributed by atoms with E-state index in [9.17, 15) is 24.2 Å². The van der Waals surface area contributed by atoms with E-state index in [0.29, 0.717) is 19.3 Å². The lowest BCUT2D eigenvalue weighted by molar-refractivity contribution is -0.161. The zero-order chi connectivity index (χ0) is 42.6. The maximum Gasteiger partial charge on any atom is 0.472 e. The molecule has 0 heterocycles. The smallest absolute Gasteiger partial charge is 0.462 e. The van der Waals surface area contributed by atoms with Crippen LogP contribution in [-0.4, -0.2) is 65.7 Å². The number of phosphoric ester groups is 1. The number of ether oxygens (including phenoxy) is 2. The van der Waals surface area contributed by atoms with Gasteiger partial charge in [-0.05, 0) is 25.7 Å². The molecule has 336 valence electrons. The van der Waals surface area contributed by atoms with Gasteiger partial charge in [0.15, 0.2) is 6.10 Å². The molecular weight excluding hydrogens is 755 g/mol. The first kappa shape index (κ1) is 55.7. The number of carbonyl (C=O) groups excluding carboxylic acids is 2. The van der Waals surface area contributed by atoms with Crippen molar-refractivity contribution in [3.63, 3.8) is 0 Å². The van der Waals surface area contributed by atoms with Gasteiger partial charge in [0.2, 0.25) is 0 Å². The van der Waals surface area contributed by atoms with E-state index in [-0.39, 0.29) is 19.4 Å². The first-order chi connectivity index (χ1) is 28.2. The average molecular weight is 839 g/mol. The van der Waals surface area contributed by atoms with Crippen LogP contribution in [0.1, 0.15) is 187 Å². The summed E-state index contributed by atoms with van der Waals surface area (Å²) in [4.78, 5) is 35.0. The highest BCUT2D eigenvalue weighted by Crippen LogP contribution is 2.43. The van der Waals surface area contributed by atoms with Gasteiger partial charge in [0.25, 0.3) is 0 Å². The van der Waals surface area contributed by atoms with Crippen LogP contribution < -0.4 is 0 Å². The molecule has 0 aliphatic heterocycles. The molecule has 0 rings (SSSR count). The summed E-state index contributed by atoms with van der Waals surface area (Å²) in [6.07, 6.45) is 47.9. The Balaban J connectivity index is 4.23. The number of allylic oxidation sites excluding steroid dienone is 10. The second-order valence-electron chi connectivity index (χ2n) is 15.2. The number of phosphoric acid groups is 1. The fraction of sp³-hybridized carbons (Fsp3) is 0.745. The van der Waals surface area contributed by atoms with E-state index >= 15 is 0 Å². The van der Waals surface area contributed by atoms with Gasteiger partial charge in [-0.3, -0.25) is 18.6 Å². The molecule has 0 fully saturated rings. The van der Waals surface area contributed by atoms with E-state index in [0.717, 1.165) is 25.7 Å². The number of hydrogen-bond acceptors (Lipinski definition) is 9. The van der Waals surface area contributed by atoms with Crippen molar-refractivity contribution in [1.82, 2.24) is 0 Å². The summed E-state index contributed by atoms with van der Waals surface area (Å²) in [5, 5.41) is 18.3. The van der Waals surface area contributed by atoms with E-state index < -0.39 is 51.8 Å². The fourth-order valence-electron chi connectivity index (χ4n) is 6.08. The van der Waals surface area contributed by atoms with Crippen LogP contribution in [0.5, 0.6) is 0 Å². The number of aliphatic hydroxyl groups is 2. The molecule has 0 saturated carbocycles. The molecule has 2 unspecified atom stereocenters. The molecule has 0 aliphatic rings. The van der Waals surface area contributed by atoms with Crippen molar-refractivity contribution < 1.29 is 47.8 Å².